The van der Waals surface area contributed by atoms with Gasteiger partial charge in [0.25, 0.3) is 17.7 Å². The zero-order chi connectivity index (χ0) is 24.4. The van der Waals surface area contributed by atoms with Crippen molar-refractivity contribution >= 4 is 69.6 Å². The molecular weight excluding hydrogens is 501 g/mol. The Balaban J connectivity index is 1.52. The molecule has 4 rings (SSSR count). The lowest BCUT2D eigenvalue weighted by atomic mass is 10.1. The quantitative estimate of drug-likeness (QED) is 0.411. The molecule has 10 heteroatoms. The molecule has 0 aliphatic carbocycles. The summed E-state index contributed by atoms with van der Waals surface area (Å²) in [5.74, 6) is -1.07. The lowest BCUT2D eigenvalue weighted by molar-refractivity contribution is -0.120. The van der Waals surface area contributed by atoms with Crippen LogP contribution in [-0.2, 0) is 9.59 Å². The third-order valence-electron chi connectivity index (χ3n) is 4.93. The molecule has 0 spiro atoms. The molecule has 2 N–H and O–H groups in total. The normalized spacial score (nSPS) is 13.4. The van der Waals surface area contributed by atoms with Gasteiger partial charge < -0.3 is 15.4 Å². The maximum absolute atomic E-state index is 13.0. The summed E-state index contributed by atoms with van der Waals surface area (Å²) < 4.78 is 5.11. The first-order valence-electron chi connectivity index (χ1n) is 9.84. The third kappa shape index (κ3) is 4.72. The predicted octanol–water partition coefficient (Wildman–Crippen LogP) is 5.69. The van der Waals surface area contributed by atoms with Crippen LogP contribution in [0.2, 0.25) is 10.0 Å². The van der Waals surface area contributed by atoms with E-state index in [-0.39, 0.29) is 32.4 Å². The number of anilines is 3. The van der Waals surface area contributed by atoms with Gasteiger partial charge in [-0.3, -0.25) is 14.4 Å². The maximum atomic E-state index is 13.0. The van der Waals surface area contributed by atoms with E-state index in [0.29, 0.717) is 22.7 Å². The highest BCUT2D eigenvalue weighted by molar-refractivity contribution is 6.53. The molecule has 7 nitrogen and oxygen atoms in total. The second-order valence-corrected chi connectivity index (χ2v) is 8.31. The molecule has 3 amide bonds. The van der Waals surface area contributed by atoms with E-state index in [1.54, 1.807) is 49.6 Å². The lowest BCUT2D eigenvalue weighted by Gasteiger charge is -2.16. The fourth-order valence-electron chi connectivity index (χ4n) is 3.23. The van der Waals surface area contributed by atoms with Crippen LogP contribution in [0.25, 0.3) is 0 Å². The zero-order valence-electron chi connectivity index (χ0n) is 17.6. The van der Waals surface area contributed by atoms with Crippen LogP contribution in [0.4, 0.5) is 17.1 Å². The van der Waals surface area contributed by atoms with Gasteiger partial charge in [-0.1, -0.05) is 40.9 Å². The Kier molecular flexibility index (Phi) is 6.79. The molecule has 0 bridgehead atoms. The van der Waals surface area contributed by atoms with Crippen molar-refractivity contribution in [3.63, 3.8) is 0 Å². The van der Waals surface area contributed by atoms with Gasteiger partial charge in [0.05, 0.1) is 22.8 Å². The molecule has 0 saturated heterocycles. The average molecular weight is 517 g/mol. The number of halogens is 3. The van der Waals surface area contributed by atoms with Crippen LogP contribution in [0.15, 0.2) is 77.5 Å². The van der Waals surface area contributed by atoms with Crippen molar-refractivity contribution in [3.8, 4) is 5.75 Å². The predicted molar refractivity (Wildman–Crippen MR) is 133 cm³/mol. The minimum absolute atomic E-state index is 0.120. The van der Waals surface area contributed by atoms with E-state index >= 15 is 0 Å². The summed E-state index contributed by atoms with van der Waals surface area (Å²) in [6.07, 6.45) is 0. The Labute approximate surface area is 209 Å². The number of rotatable bonds is 6. The number of imide groups is 1. The molecule has 1 aliphatic rings. The monoisotopic (exact) mass is 515 g/mol. The SMILES string of the molecule is COc1ccc(NC(=O)c2cccc(NC3=C(Cl)C(=O)N(c4ccc(Cl)c(Cl)c4)C3=O)c2)cc1. The fraction of sp³-hybridized carbons (Fsp3) is 0.0417. The number of hydrogen-bond donors (Lipinski definition) is 2. The van der Waals surface area contributed by atoms with Gasteiger partial charge in [0, 0.05) is 16.9 Å². The van der Waals surface area contributed by atoms with Crippen LogP contribution in [0.5, 0.6) is 5.75 Å². The van der Waals surface area contributed by atoms with Crippen LogP contribution >= 0.6 is 34.8 Å². The smallest absolute Gasteiger partial charge is 0.283 e. The van der Waals surface area contributed by atoms with E-state index in [1.807, 2.05) is 0 Å². The van der Waals surface area contributed by atoms with E-state index in [0.717, 1.165) is 4.90 Å². The third-order valence-corrected chi connectivity index (χ3v) is 6.02. The number of hydrogen-bond acceptors (Lipinski definition) is 5. The Bertz CT molecular complexity index is 1340. The summed E-state index contributed by atoms with van der Waals surface area (Å²) in [5, 5.41) is 5.82. The van der Waals surface area contributed by atoms with E-state index in [1.165, 1.54) is 24.3 Å². The van der Waals surface area contributed by atoms with Gasteiger partial charge in [-0.2, -0.15) is 0 Å². The van der Waals surface area contributed by atoms with Gasteiger partial charge in [-0.15, -0.1) is 0 Å². The number of amides is 3. The van der Waals surface area contributed by atoms with Gasteiger partial charge in [0.15, 0.2) is 0 Å². The largest absolute Gasteiger partial charge is 0.497 e. The van der Waals surface area contributed by atoms with Crippen molar-refractivity contribution in [3.05, 3.63) is 93.1 Å². The van der Waals surface area contributed by atoms with Crippen LogP contribution in [0.3, 0.4) is 0 Å². The standard InChI is InChI=1S/C24H16Cl3N3O4/c1-34-17-8-5-14(6-9-17)29-22(31)13-3-2-4-15(11-13)28-21-20(27)23(32)30(24(21)33)16-7-10-18(25)19(26)12-16/h2-12,28H,1H3,(H,29,31). The maximum Gasteiger partial charge on any atom is 0.283 e. The zero-order valence-corrected chi connectivity index (χ0v) is 19.8. The molecule has 1 aliphatic heterocycles. The lowest BCUT2D eigenvalue weighted by Crippen LogP contribution is -2.32. The number of nitrogens with zero attached hydrogens (tertiary/aromatic N) is 1. The van der Waals surface area contributed by atoms with Crippen LogP contribution in [0, 0.1) is 0 Å². The molecule has 172 valence electrons. The summed E-state index contributed by atoms with van der Waals surface area (Å²) in [7, 11) is 1.56. The van der Waals surface area contributed by atoms with Gasteiger partial charge in [0.2, 0.25) is 0 Å². The summed E-state index contributed by atoms with van der Waals surface area (Å²) in [6, 6.07) is 17.7. The minimum atomic E-state index is -0.707. The van der Waals surface area contributed by atoms with Crippen molar-refractivity contribution < 1.29 is 19.1 Å². The van der Waals surface area contributed by atoms with Crippen LogP contribution in [0.1, 0.15) is 10.4 Å². The first-order chi connectivity index (χ1) is 16.3. The summed E-state index contributed by atoms with van der Waals surface area (Å²) in [5.41, 5.74) is 1.42. The van der Waals surface area contributed by atoms with Crippen LogP contribution in [-0.4, -0.2) is 24.8 Å². The molecule has 1 heterocycles. The van der Waals surface area contributed by atoms with Crippen molar-refractivity contribution in [2.24, 2.45) is 0 Å². The van der Waals surface area contributed by atoms with Crippen molar-refractivity contribution in [1.82, 2.24) is 0 Å². The molecule has 3 aromatic carbocycles. The number of carbonyl (C=O) groups excluding carboxylic acids is 3. The first kappa shape index (κ1) is 23.6. The number of ether oxygens (including phenoxy) is 1. The minimum Gasteiger partial charge on any atom is -0.497 e. The van der Waals surface area contributed by atoms with Gasteiger partial charge in [-0.05, 0) is 60.7 Å². The summed E-state index contributed by atoms with van der Waals surface area (Å²) >= 11 is 18.1. The second kappa shape index (κ2) is 9.77. The first-order valence-corrected chi connectivity index (χ1v) is 11.0. The Morgan fingerprint density at radius 2 is 1.59 bits per heavy atom. The fourth-order valence-corrected chi connectivity index (χ4v) is 3.74. The highest BCUT2D eigenvalue weighted by Gasteiger charge is 2.39. The van der Waals surface area contributed by atoms with E-state index in [9.17, 15) is 14.4 Å². The molecular formula is C24H16Cl3N3O4. The number of nitrogens with one attached hydrogen (secondary N) is 2. The average Bonchev–Trinajstić information content (AvgIpc) is 3.04. The molecule has 0 saturated carbocycles. The summed E-state index contributed by atoms with van der Waals surface area (Å²) in [4.78, 5) is 39.2. The molecule has 0 unspecified atom stereocenters. The van der Waals surface area contributed by atoms with E-state index < -0.39 is 11.8 Å². The Morgan fingerprint density at radius 3 is 2.26 bits per heavy atom. The Morgan fingerprint density at radius 1 is 0.853 bits per heavy atom. The molecule has 0 aromatic heterocycles. The molecule has 0 fully saturated rings. The number of methoxy groups -OCH3 is 1. The second-order valence-electron chi connectivity index (χ2n) is 7.12. The highest BCUT2D eigenvalue weighted by atomic mass is 35.5. The molecule has 34 heavy (non-hydrogen) atoms. The van der Waals surface area contributed by atoms with Crippen LogP contribution < -0.4 is 20.3 Å². The van der Waals surface area contributed by atoms with Crippen molar-refractivity contribution in [1.29, 1.82) is 0 Å². The van der Waals surface area contributed by atoms with Gasteiger partial charge in [0.1, 0.15) is 16.5 Å². The number of carbonyl (C=O) groups is 3. The summed E-state index contributed by atoms with van der Waals surface area (Å²) in [6.45, 7) is 0. The van der Waals surface area contributed by atoms with E-state index in [2.05, 4.69) is 10.6 Å². The highest BCUT2D eigenvalue weighted by Crippen LogP contribution is 2.33. The van der Waals surface area contributed by atoms with Crippen molar-refractivity contribution in [2.45, 2.75) is 0 Å². The molecule has 0 radical (unpaired) electrons. The number of benzene rings is 3. The van der Waals surface area contributed by atoms with E-state index in [4.69, 9.17) is 39.5 Å². The molecule has 3 aromatic rings. The van der Waals surface area contributed by atoms with Gasteiger partial charge >= 0.3 is 0 Å². The Hall–Kier alpha value is -3.52. The molecule has 0 atom stereocenters. The van der Waals surface area contributed by atoms with Gasteiger partial charge in [-0.25, -0.2) is 4.90 Å². The van der Waals surface area contributed by atoms with Crippen molar-refractivity contribution in [2.75, 3.05) is 22.6 Å². The topological polar surface area (TPSA) is 87.7 Å².